The molecule has 0 unspecified atom stereocenters. The first-order valence-corrected chi connectivity index (χ1v) is 6.59. The highest BCUT2D eigenvalue weighted by molar-refractivity contribution is 7.10. The standard InChI is InChI=1S/C14H11N3OS/c15-7-10-13(12-2-1-5-19-12)9-4-3-8(16)6-11(9)18-14(10)17/h1-6,13H,16-17H2/t13-/m1/s1. The fraction of sp³-hybridized carbons (Fsp3) is 0.0714. The number of benzene rings is 1. The Kier molecular flexibility index (Phi) is 2.65. The summed E-state index contributed by atoms with van der Waals surface area (Å²) in [6, 6.07) is 11.5. The monoisotopic (exact) mass is 269 g/mol. The second-order valence-electron chi connectivity index (χ2n) is 4.24. The van der Waals surface area contributed by atoms with Crippen LogP contribution < -0.4 is 16.2 Å². The van der Waals surface area contributed by atoms with Crippen molar-refractivity contribution in [3.05, 3.63) is 57.6 Å². The number of nitriles is 1. The Balaban J connectivity index is 2.23. The molecule has 0 bridgehead atoms. The maximum Gasteiger partial charge on any atom is 0.205 e. The van der Waals surface area contributed by atoms with Gasteiger partial charge in [0.05, 0.1) is 5.92 Å². The second kappa shape index (κ2) is 4.34. The number of hydrogen-bond donors (Lipinski definition) is 2. The Bertz CT molecular complexity index is 698. The van der Waals surface area contributed by atoms with Gasteiger partial charge in [-0.1, -0.05) is 12.1 Å². The van der Waals surface area contributed by atoms with Crippen molar-refractivity contribution < 1.29 is 4.74 Å². The van der Waals surface area contributed by atoms with Gasteiger partial charge in [-0.15, -0.1) is 11.3 Å². The Labute approximate surface area is 114 Å². The molecule has 0 aliphatic carbocycles. The van der Waals surface area contributed by atoms with Gasteiger partial charge in [-0.05, 0) is 17.5 Å². The summed E-state index contributed by atoms with van der Waals surface area (Å²) < 4.78 is 5.50. The molecule has 1 aromatic heterocycles. The molecule has 4 nitrogen and oxygen atoms in total. The number of nitrogens with zero attached hydrogens (tertiary/aromatic N) is 1. The largest absolute Gasteiger partial charge is 0.440 e. The molecule has 5 heteroatoms. The van der Waals surface area contributed by atoms with E-state index in [0.29, 0.717) is 17.0 Å². The van der Waals surface area contributed by atoms with Gasteiger partial charge in [0, 0.05) is 22.2 Å². The minimum absolute atomic E-state index is 0.152. The van der Waals surface area contributed by atoms with Crippen molar-refractivity contribution in [3.63, 3.8) is 0 Å². The van der Waals surface area contributed by atoms with Crippen LogP contribution >= 0.6 is 11.3 Å². The third kappa shape index (κ3) is 1.83. The topological polar surface area (TPSA) is 85.1 Å². The Morgan fingerprint density at radius 3 is 2.79 bits per heavy atom. The normalized spacial score (nSPS) is 17.5. The van der Waals surface area contributed by atoms with E-state index in [1.807, 2.05) is 23.6 Å². The van der Waals surface area contributed by atoms with Crippen molar-refractivity contribution in [2.75, 3.05) is 5.73 Å². The lowest BCUT2D eigenvalue weighted by Crippen LogP contribution is -2.20. The molecule has 2 heterocycles. The van der Waals surface area contributed by atoms with Crippen LogP contribution in [-0.4, -0.2) is 0 Å². The Morgan fingerprint density at radius 2 is 2.11 bits per heavy atom. The van der Waals surface area contributed by atoms with Crippen molar-refractivity contribution in [3.8, 4) is 11.8 Å². The van der Waals surface area contributed by atoms with E-state index in [4.69, 9.17) is 16.2 Å². The molecule has 3 rings (SSSR count). The molecule has 19 heavy (non-hydrogen) atoms. The lowest BCUT2D eigenvalue weighted by molar-refractivity contribution is 0.394. The zero-order valence-corrected chi connectivity index (χ0v) is 10.8. The van der Waals surface area contributed by atoms with E-state index in [0.717, 1.165) is 10.4 Å². The number of nitrogen functional groups attached to an aromatic ring is 1. The third-order valence-electron chi connectivity index (χ3n) is 3.07. The summed E-state index contributed by atoms with van der Waals surface area (Å²) >= 11 is 1.59. The zero-order chi connectivity index (χ0) is 13.4. The number of nitrogens with two attached hydrogens (primary N) is 2. The van der Waals surface area contributed by atoms with Crippen molar-refractivity contribution in [2.45, 2.75) is 5.92 Å². The van der Waals surface area contributed by atoms with Crippen LogP contribution in [0.5, 0.6) is 5.75 Å². The maximum absolute atomic E-state index is 9.32. The Morgan fingerprint density at radius 1 is 1.26 bits per heavy atom. The first-order chi connectivity index (χ1) is 9.20. The van der Waals surface area contributed by atoms with Gasteiger partial charge >= 0.3 is 0 Å². The molecule has 1 atom stereocenters. The van der Waals surface area contributed by atoms with Crippen LogP contribution in [-0.2, 0) is 0 Å². The molecule has 2 aromatic rings. The number of anilines is 1. The van der Waals surface area contributed by atoms with Gasteiger partial charge in [-0.3, -0.25) is 0 Å². The summed E-state index contributed by atoms with van der Waals surface area (Å²) in [6.45, 7) is 0. The number of thiophene rings is 1. The third-order valence-corrected chi connectivity index (χ3v) is 4.01. The number of allylic oxidation sites excluding steroid dienone is 1. The summed E-state index contributed by atoms with van der Waals surface area (Å²) in [5, 5.41) is 11.3. The van der Waals surface area contributed by atoms with E-state index >= 15 is 0 Å². The quantitative estimate of drug-likeness (QED) is 0.779. The van der Waals surface area contributed by atoms with Crippen LogP contribution in [0.3, 0.4) is 0 Å². The van der Waals surface area contributed by atoms with Crippen molar-refractivity contribution in [1.29, 1.82) is 5.26 Å². The van der Waals surface area contributed by atoms with Crippen molar-refractivity contribution in [2.24, 2.45) is 5.73 Å². The minimum Gasteiger partial charge on any atom is -0.440 e. The first-order valence-electron chi connectivity index (χ1n) is 5.71. The molecule has 0 radical (unpaired) electrons. The summed E-state index contributed by atoms with van der Waals surface area (Å²) in [6.07, 6.45) is 0. The van der Waals surface area contributed by atoms with Gasteiger partial charge in [0.1, 0.15) is 17.4 Å². The maximum atomic E-state index is 9.32. The molecule has 4 N–H and O–H groups in total. The second-order valence-corrected chi connectivity index (χ2v) is 5.22. The Hall–Kier alpha value is -2.45. The molecular weight excluding hydrogens is 258 g/mol. The van der Waals surface area contributed by atoms with Crippen LogP contribution in [0.1, 0.15) is 16.4 Å². The number of ether oxygens (including phenoxy) is 1. The molecule has 0 amide bonds. The highest BCUT2D eigenvalue weighted by atomic mass is 32.1. The molecule has 0 saturated heterocycles. The molecule has 94 valence electrons. The van der Waals surface area contributed by atoms with Gasteiger partial charge in [0.15, 0.2) is 0 Å². The predicted molar refractivity (Wildman–Crippen MR) is 74.5 cm³/mol. The molecule has 0 saturated carbocycles. The molecule has 1 aromatic carbocycles. The molecule has 1 aliphatic rings. The van der Waals surface area contributed by atoms with E-state index in [2.05, 4.69) is 6.07 Å². The lowest BCUT2D eigenvalue weighted by atomic mass is 9.88. The van der Waals surface area contributed by atoms with E-state index in [9.17, 15) is 5.26 Å². The van der Waals surface area contributed by atoms with Crippen LogP contribution in [0.25, 0.3) is 0 Å². The fourth-order valence-electron chi connectivity index (χ4n) is 2.22. The number of hydrogen-bond acceptors (Lipinski definition) is 5. The number of rotatable bonds is 1. The van der Waals surface area contributed by atoms with Crippen LogP contribution in [0.15, 0.2) is 47.2 Å². The average molecular weight is 269 g/mol. The van der Waals surface area contributed by atoms with Gasteiger partial charge < -0.3 is 16.2 Å². The summed E-state index contributed by atoms with van der Waals surface area (Å²) in [7, 11) is 0. The summed E-state index contributed by atoms with van der Waals surface area (Å²) in [5.74, 6) is 0.600. The molecule has 0 fully saturated rings. The molecular formula is C14H11N3OS. The van der Waals surface area contributed by atoms with Crippen LogP contribution in [0.4, 0.5) is 5.69 Å². The molecule has 1 aliphatic heterocycles. The first kappa shape index (κ1) is 11.6. The SMILES string of the molecule is N#CC1=C(N)Oc2cc(N)ccc2[C@H]1c1cccs1. The smallest absolute Gasteiger partial charge is 0.205 e. The van der Waals surface area contributed by atoms with Gasteiger partial charge in [-0.25, -0.2) is 0 Å². The fourth-order valence-corrected chi connectivity index (χ4v) is 3.07. The van der Waals surface area contributed by atoms with Crippen LogP contribution in [0.2, 0.25) is 0 Å². The predicted octanol–water partition coefficient (Wildman–Crippen LogP) is 2.55. The van der Waals surface area contributed by atoms with Crippen molar-refractivity contribution in [1.82, 2.24) is 0 Å². The molecule has 0 spiro atoms. The van der Waals surface area contributed by atoms with E-state index in [1.54, 1.807) is 23.5 Å². The van der Waals surface area contributed by atoms with Gasteiger partial charge in [-0.2, -0.15) is 5.26 Å². The number of fused-ring (bicyclic) bond motifs is 1. The van der Waals surface area contributed by atoms with Crippen LogP contribution in [0, 0.1) is 11.3 Å². The van der Waals surface area contributed by atoms with Gasteiger partial charge in [0.2, 0.25) is 5.88 Å². The van der Waals surface area contributed by atoms with E-state index < -0.39 is 0 Å². The van der Waals surface area contributed by atoms with E-state index in [1.165, 1.54) is 0 Å². The van der Waals surface area contributed by atoms with Crippen molar-refractivity contribution >= 4 is 17.0 Å². The lowest BCUT2D eigenvalue weighted by Gasteiger charge is -2.25. The van der Waals surface area contributed by atoms with Gasteiger partial charge in [0.25, 0.3) is 0 Å². The summed E-state index contributed by atoms with van der Waals surface area (Å²) in [5.41, 5.74) is 13.6. The highest BCUT2D eigenvalue weighted by Gasteiger charge is 2.31. The highest BCUT2D eigenvalue weighted by Crippen LogP contribution is 2.43. The summed E-state index contributed by atoms with van der Waals surface area (Å²) in [4.78, 5) is 1.06. The average Bonchev–Trinajstić information content (AvgIpc) is 2.90. The minimum atomic E-state index is -0.172. The zero-order valence-electron chi connectivity index (χ0n) is 9.96. The van der Waals surface area contributed by atoms with E-state index in [-0.39, 0.29) is 11.8 Å².